The number of carbonyl (C=O) groups excluding carboxylic acids is 2. The Morgan fingerprint density at radius 3 is 1.87 bits per heavy atom. The SMILES string of the molecule is CCC1CN(C(C(=O)OC)c2cc(C(F)(F)F)cc(C(F)(F)F)c2)c2cc(C)c(C)cc2N1C(=O)OC(C)C. The number of esters is 1. The number of methoxy groups -OCH3 is 1. The van der Waals surface area contributed by atoms with E-state index >= 15 is 0 Å². The number of hydrogen-bond donors (Lipinski definition) is 0. The smallest absolute Gasteiger partial charge is 0.416 e. The second-order valence-electron chi connectivity index (χ2n) is 9.71. The zero-order chi connectivity index (χ0) is 29.4. The third kappa shape index (κ3) is 6.25. The molecule has 0 fully saturated rings. The number of carbonyl (C=O) groups is 2. The highest BCUT2D eigenvalue weighted by atomic mass is 19.4. The zero-order valence-corrected chi connectivity index (χ0v) is 22.3. The van der Waals surface area contributed by atoms with Crippen molar-refractivity contribution in [1.29, 1.82) is 0 Å². The Bertz CT molecular complexity index is 1210. The molecule has 0 saturated carbocycles. The summed E-state index contributed by atoms with van der Waals surface area (Å²) in [5, 5.41) is 0. The molecule has 0 N–H and O–H groups in total. The average Bonchev–Trinajstić information content (AvgIpc) is 2.82. The lowest BCUT2D eigenvalue weighted by molar-refractivity contribution is -0.145. The van der Waals surface area contributed by atoms with Crippen molar-refractivity contribution >= 4 is 23.4 Å². The fraction of sp³-hybridized carbons (Fsp3) is 0.481. The number of amides is 1. The van der Waals surface area contributed by atoms with Crippen LogP contribution in [0.3, 0.4) is 0 Å². The monoisotopic (exact) mass is 560 g/mol. The minimum Gasteiger partial charge on any atom is -0.467 e. The van der Waals surface area contributed by atoms with Crippen LogP contribution in [-0.4, -0.2) is 37.9 Å². The van der Waals surface area contributed by atoms with Crippen LogP contribution in [0.2, 0.25) is 0 Å². The maximum Gasteiger partial charge on any atom is 0.416 e. The topological polar surface area (TPSA) is 59.1 Å². The van der Waals surface area contributed by atoms with E-state index in [-0.39, 0.29) is 18.3 Å². The van der Waals surface area contributed by atoms with Gasteiger partial charge in [-0.15, -0.1) is 0 Å². The van der Waals surface area contributed by atoms with Gasteiger partial charge < -0.3 is 14.4 Å². The molecule has 3 rings (SSSR count). The van der Waals surface area contributed by atoms with E-state index in [9.17, 15) is 35.9 Å². The molecule has 1 amide bonds. The molecule has 12 heteroatoms. The number of anilines is 2. The molecule has 6 nitrogen and oxygen atoms in total. The molecular weight excluding hydrogens is 530 g/mol. The van der Waals surface area contributed by atoms with Crippen molar-refractivity contribution in [3.05, 3.63) is 58.1 Å². The first-order valence-corrected chi connectivity index (χ1v) is 12.2. The highest BCUT2D eigenvalue weighted by molar-refractivity contribution is 5.96. The number of hydrogen-bond acceptors (Lipinski definition) is 5. The molecule has 1 heterocycles. The molecule has 0 radical (unpaired) electrons. The van der Waals surface area contributed by atoms with Crippen molar-refractivity contribution in [3.8, 4) is 0 Å². The van der Waals surface area contributed by atoms with E-state index in [1.165, 1.54) is 9.80 Å². The Kier molecular flexibility index (Phi) is 8.47. The van der Waals surface area contributed by atoms with Crippen LogP contribution >= 0.6 is 0 Å². The summed E-state index contributed by atoms with van der Waals surface area (Å²) in [6, 6.07) is 2.09. The Hall–Kier alpha value is -3.44. The lowest BCUT2D eigenvalue weighted by Crippen LogP contribution is -2.54. The third-order valence-electron chi connectivity index (χ3n) is 6.60. The first-order chi connectivity index (χ1) is 18.0. The van der Waals surface area contributed by atoms with E-state index in [1.54, 1.807) is 46.8 Å². The van der Waals surface area contributed by atoms with E-state index < -0.39 is 59.3 Å². The fourth-order valence-electron chi connectivity index (χ4n) is 4.57. The van der Waals surface area contributed by atoms with Crippen LogP contribution in [-0.2, 0) is 26.6 Å². The molecular formula is C27H30F6N2O4. The van der Waals surface area contributed by atoms with Crippen molar-refractivity contribution < 1.29 is 45.4 Å². The largest absolute Gasteiger partial charge is 0.467 e. The van der Waals surface area contributed by atoms with Crippen LogP contribution in [0.25, 0.3) is 0 Å². The minimum absolute atomic E-state index is 0.00794. The first-order valence-electron chi connectivity index (χ1n) is 12.2. The second kappa shape index (κ2) is 11.0. The predicted molar refractivity (Wildman–Crippen MR) is 133 cm³/mol. The van der Waals surface area contributed by atoms with Gasteiger partial charge in [-0.25, -0.2) is 9.59 Å². The van der Waals surface area contributed by atoms with Crippen molar-refractivity contribution in [2.75, 3.05) is 23.5 Å². The van der Waals surface area contributed by atoms with Crippen LogP contribution in [0.15, 0.2) is 30.3 Å². The predicted octanol–water partition coefficient (Wildman–Crippen LogP) is 7.21. The Morgan fingerprint density at radius 1 is 0.923 bits per heavy atom. The molecule has 2 aromatic rings. The summed E-state index contributed by atoms with van der Waals surface area (Å²) >= 11 is 0. The van der Waals surface area contributed by atoms with Crippen LogP contribution in [0.1, 0.15) is 61.1 Å². The summed E-state index contributed by atoms with van der Waals surface area (Å²) in [5.41, 5.74) is -1.54. The number of halogens is 6. The number of rotatable bonds is 5. The molecule has 0 aliphatic carbocycles. The van der Waals surface area contributed by atoms with Gasteiger partial charge in [0.15, 0.2) is 6.04 Å². The van der Waals surface area contributed by atoms with Crippen LogP contribution in [0.4, 0.5) is 42.5 Å². The summed E-state index contributed by atoms with van der Waals surface area (Å²) in [5.74, 6) is -1.06. The number of ether oxygens (including phenoxy) is 2. The van der Waals surface area contributed by atoms with Gasteiger partial charge in [0.1, 0.15) is 0 Å². The van der Waals surface area contributed by atoms with Crippen molar-refractivity contribution in [2.45, 2.75) is 71.6 Å². The summed E-state index contributed by atoms with van der Waals surface area (Å²) in [6.07, 6.45) is -11.0. The molecule has 0 spiro atoms. The van der Waals surface area contributed by atoms with E-state index in [0.29, 0.717) is 24.2 Å². The number of aryl methyl sites for hydroxylation is 2. The number of alkyl halides is 6. The van der Waals surface area contributed by atoms with Crippen LogP contribution in [0.5, 0.6) is 0 Å². The van der Waals surface area contributed by atoms with Gasteiger partial charge in [0, 0.05) is 6.54 Å². The molecule has 1 aliphatic rings. The Morgan fingerprint density at radius 2 is 1.44 bits per heavy atom. The summed E-state index contributed by atoms with van der Waals surface area (Å²) in [6.45, 7) is 8.59. The fourth-order valence-corrected chi connectivity index (χ4v) is 4.57. The summed E-state index contributed by atoms with van der Waals surface area (Å²) in [7, 11) is 1.00. The van der Waals surface area contributed by atoms with Crippen LogP contribution < -0.4 is 9.80 Å². The maximum absolute atomic E-state index is 13.7. The van der Waals surface area contributed by atoms with Crippen molar-refractivity contribution in [3.63, 3.8) is 0 Å². The van der Waals surface area contributed by atoms with Crippen LogP contribution in [0, 0.1) is 13.8 Å². The minimum atomic E-state index is -5.10. The molecule has 0 saturated heterocycles. The van der Waals surface area contributed by atoms with Gasteiger partial charge in [-0.1, -0.05) is 6.92 Å². The van der Waals surface area contributed by atoms with E-state index in [2.05, 4.69) is 0 Å². The third-order valence-corrected chi connectivity index (χ3v) is 6.60. The zero-order valence-electron chi connectivity index (χ0n) is 22.3. The molecule has 214 valence electrons. The Balaban J connectivity index is 2.31. The summed E-state index contributed by atoms with van der Waals surface area (Å²) in [4.78, 5) is 29.1. The van der Waals surface area contributed by atoms with Gasteiger partial charge >= 0.3 is 24.4 Å². The summed E-state index contributed by atoms with van der Waals surface area (Å²) < 4.78 is 92.3. The molecule has 0 bridgehead atoms. The molecule has 2 unspecified atom stereocenters. The highest BCUT2D eigenvalue weighted by Gasteiger charge is 2.43. The van der Waals surface area contributed by atoms with Gasteiger partial charge in [-0.2, -0.15) is 26.3 Å². The average molecular weight is 561 g/mol. The maximum atomic E-state index is 13.7. The van der Waals surface area contributed by atoms with Crippen molar-refractivity contribution in [2.24, 2.45) is 0 Å². The van der Waals surface area contributed by atoms with E-state index in [1.807, 2.05) is 0 Å². The normalized spacial score (nSPS) is 16.7. The van der Waals surface area contributed by atoms with E-state index in [0.717, 1.165) is 18.2 Å². The number of benzene rings is 2. The molecule has 1 aliphatic heterocycles. The second-order valence-corrected chi connectivity index (χ2v) is 9.71. The standard InChI is InChI=1S/C27H30F6N2O4/c1-7-20-13-34(21-8-15(4)16(5)9-22(21)35(20)25(37)39-14(2)3)23(24(36)38-6)17-10-18(26(28,29)30)12-19(11-17)27(31,32)33/h8-12,14,20,23H,7,13H2,1-6H3. The lowest BCUT2D eigenvalue weighted by atomic mass is 9.94. The van der Waals surface area contributed by atoms with Gasteiger partial charge in [0.05, 0.1) is 41.8 Å². The highest BCUT2D eigenvalue weighted by Crippen LogP contribution is 2.45. The van der Waals surface area contributed by atoms with Gasteiger partial charge in [0.25, 0.3) is 0 Å². The molecule has 2 aromatic carbocycles. The molecule has 39 heavy (non-hydrogen) atoms. The van der Waals surface area contributed by atoms with Gasteiger partial charge in [0.2, 0.25) is 0 Å². The molecule has 2 atom stereocenters. The number of nitrogens with zero attached hydrogens (tertiary/aromatic N) is 2. The van der Waals surface area contributed by atoms with Gasteiger partial charge in [-0.05, 0) is 81.1 Å². The van der Waals surface area contributed by atoms with Gasteiger partial charge in [-0.3, -0.25) is 4.90 Å². The lowest BCUT2D eigenvalue weighted by Gasteiger charge is -2.45. The molecule has 0 aromatic heterocycles. The number of fused-ring (bicyclic) bond motifs is 1. The van der Waals surface area contributed by atoms with E-state index in [4.69, 9.17) is 9.47 Å². The Labute approximate surface area is 222 Å². The quantitative estimate of drug-likeness (QED) is 0.286. The van der Waals surface area contributed by atoms with Crippen molar-refractivity contribution in [1.82, 2.24) is 0 Å². The first kappa shape index (κ1) is 30.1.